The first-order valence-electron chi connectivity index (χ1n) is 6.69. The summed E-state index contributed by atoms with van der Waals surface area (Å²) in [6.07, 6.45) is 4.18. The van der Waals surface area contributed by atoms with Gasteiger partial charge in [0.25, 0.3) is 0 Å². The van der Waals surface area contributed by atoms with Crippen molar-refractivity contribution in [2.24, 2.45) is 0 Å². The number of hydrogen-bond donors (Lipinski definition) is 0. The van der Waals surface area contributed by atoms with Crippen LogP contribution in [0.1, 0.15) is 26.3 Å². The predicted octanol–water partition coefficient (Wildman–Crippen LogP) is 4.90. The van der Waals surface area contributed by atoms with Crippen molar-refractivity contribution >= 4 is 28.2 Å². The van der Waals surface area contributed by atoms with Gasteiger partial charge in [0.1, 0.15) is 5.65 Å². The maximum Gasteiger partial charge on any atom is 0.137 e. The molecule has 1 aromatic carbocycles. The molecule has 0 atom stereocenters. The number of pyridine rings is 1. The van der Waals surface area contributed by atoms with Gasteiger partial charge in [-0.25, -0.2) is 4.98 Å². The molecule has 20 heavy (non-hydrogen) atoms. The first-order valence-corrected chi connectivity index (χ1v) is 7.76. The largest absolute Gasteiger partial charge is 0.305 e. The van der Waals surface area contributed by atoms with Crippen LogP contribution in [-0.2, 0) is 5.41 Å². The second-order valence-electron chi connectivity index (χ2n) is 6.07. The summed E-state index contributed by atoms with van der Waals surface area (Å²) in [5.74, 6) is 0. The molecular weight excluding hydrogens is 359 g/mol. The number of hydrogen-bond acceptors (Lipinski definition) is 1. The summed E-state index contributed by atoms with van der Waals surface area (Å²) in [5.41, 5.74) is 4.71. The molecule has 2 nitrogen and oxygen atoms in total. The molecule has 0 fully saturated rings. The normalized spacial score (nSPS) is 12.0. The van der Waals surface area contributed by atoms with Crippen LogP contribution in [0, 0.1) is 3.57 Å². The molecule has 2 aromatic heterocycles. The zero-order valence-corrected chi connectivity index (χ0v) is 14.0. The number of benzene rings is 1. The van der Waals surface area contributed by atoms with Gasteiger partial charge in [-0.15, -0.1) is 0 Å². The van der Waals surface area contributed by atoms with E-state index in [4.69, 9.17) is 0 Å². The van der Waals surface area contributed by atoms with E-state index in [1.807, 2.05) is 0 Å². The van der Waals surface area contributed by atoms with Gasteiger partial charge in [0.2, 0.25) is 0 Å². The van der Waals surface area contributed by atoms with Gasteiger partial charge in [-0.3, -0.25) is 0 Å². The molecule has 3 aromatic rings. The average Bonchev–Trinajstić information content (AvgIpc) is 2.80. The summed E-state index contributed by atoms with van der Waals surface area (Å²) in [7, 11) is 0. The topological polar surface area (TPSA) is 17.3 Å². The van der Waals surface area contributed by atoms with Crippen molar-refractivity contribution in [2.45, 2.75) is 26.2 Å². The molecule has 2 heterocycles. The first-order chi connectivity index (χ1) is 9.43. The maximum atomic E-state index is 4.68. The fourth-order valence-corrected chi connectivity index (χ4v) is 2.72. The molecule has 0 bridgehead atoms. The smallest absolute Gasteiger partial charge is 0.137 e. The lowest BCUT2D eigenvalue weighted by atomic mass is 9.86. The first kappa shape index (κ1) is 13.6. The van der Waals surface area contributed by atoms with E-state index in [0.717, 1.165) is 16.9 Å². The van der Waals surface area contributed by atoms with E-state index in [-0.39, 0.29) is 5.41 Å². The summed E-state index contributed by atoms with van der Waals surface area (Å²) in [5, 5.41) is 0. The van der Waals surface area contributed by atoms with Gasteiger partial charge in [0.15, 0.2) is 0 Å². The van der Waals surface area contributed by atoms with Gasteiger partial charge in [0.05, 0.1) is 5.69 Å². The van der Waals surface area contributed by atoms with Crippen LogP contribution in [0.25, 0.3) is 16.9 Å². The van der Waals surface area contributed by atoms with Crippen molar-refractivity contribution in [2.75, 3.05) is 0 Å². The van der Waals surface area contributed by atoms with E-state index in [0.29, 0.717) is 0 Å². The summed E-state index contributed by atoms with van der Waals surface area (Å²) < 4.78 is 3.29. The number of imidazole rings is 1. The molecule has 102 valence electrons. The van der Waals surface area contributed by atoms with Gasteiger partial charge >= 0.3 is 0 Å². The number of rotatable bonds is 1. The highest BCUT2D eigenvalue weighted by Crippen LogP contribution is 2.26. The van der Waals surface area contributed by atoms with Crippen LogP contribution in [0.15, 0.2) is 48.8 Å². The Morgan fingerprint density at radius 3 is 2.30 bits per heavy atom. The van der Waals surface area contributed by atoms with Crippen LogP contribution in [0.2, 0.25) is 0 Å². The monoisotopic (exact) mass is 376 g/mol. The third-order valence-electron chi connectivity index (χ3n) is 3.46. The highest BCUT2D eigenvalue weighted by molar-refractivity contribution is 14.1. The minimum absolute atomic E-state index is 0.188. The molecule has 0 amide bonds. The quantitative estimate of drug-likeness (QED) is 0.552. The fourth-order valence-electron chi connectivity index (χ4n) is 2.24. The standard InChI is InChI=1S/C17H17IN2/c1-17(2,3)13-6-4-12(5-7-13)15-11-20-10-14(18)8-9-16(20)19-15/h4-11H,1-3H3. The Bertz CT molecular complexity index is 749. The third-order valence-corrected chi connectivity index (χ3v) is 4.10. The van der Waals surface area contributed by atoms with Gasteiger partial charge in [-0.2, -0.15) is 0 Å². The van der Waals surface area contributed by atoms with Crippen LogP contribution in [0.4, 0.5) is 0 Å². The van der Waals surface area contributed by atoms with Crippen LogP contribution in [-0.4, -0.2) is 9.38 Å². The molecule has 0 N–H and O–H groups in total. The van der Waals surface area contributed by atoms with Crippen molar-refractivity contribution < 1.29 is 0 Å². The van der Waals surface area contributed by atoms with Crippen molar-refractivity contribution in [3.8, 4) is 11.3 Å². The second-order valence-corrected chi connectivity index (χ2v) is 7.31. The van der Waals surface area contributed by atoms with Crippen LogP contribution >= 0.6 is 22.6 Å². The molecular formula is C17H17IN2. The Balaban J connectivity index is 2.02. The molecule has 0 spiro atoms. The van der Waals surface area contributed by atoms with Crippen LogP contribution in [0.5, 0.6) is 0 Å². The van der Waals surface area contributed by atoms with Crippen molar-refractivity contribution in [3.63, 3.8) is 0 Å². The second kappa shape index (κ2) is 4.88. The van der Waals surface area contributed by atoms with Crippen molar-refractivity contribution in [1.82, 2.24) is 9.38 Å². The number of halogens is 1. The summed E-state index contributed by atoms with van der Waals surface area (Å²) in [6, 6.07) is 12.8. The Labute approximate surface area is 133 Å². The minimum atomic E-state index is 0.188. The lowest BCUT2D eigenvalue weighted by Gasteiger charge is -2.18. The number of aromatic nitrogens is 2. The highest BCUT2D eigenvalue weighted by atomic mass is 127. The third kappa shape index (κ3) is 2.59. The average molecular weight is 376 g/mol. The SMILES string of the molecule is CC(C)(C)c1ccc(-c2cn3cc(I)ccc3n2)cc1. The van der Waals surface area contributed by atoms with E-state index >= 15 is 0 Å². The van der Waals surface area contributed by atoms with E-state index in [1.165, 1.54) is 9.13 Å². The highest BCUT2D eigenvalue weighted by Gasteiger charge is 2.13. The zero-order valence-electron chi connectivity index (χ0n) is 11.9. The summed E-state index contributed by atoms with van der Waals surface area (Å²) >= 11 is 2.32. The lowest BCUT2D eigenvalue weighted by Crippen LogP contribution is -2.10. The van der Waals surface area contributed by atoms with Crippen LogP contribution in [0.3, 0.4) is 0 Å². The lowest BCUT2D eigenvalue weighted by molar-refractivity contribution is 0.590. The Hall–Kier alpha value is -1.36. The maximum absolute atomic E-state index is 4.68. The number of fused-ring (bicyclic) bond motifs is 1. The predicted molar refractivity (Wildman–Crippen MR) is 92.0 cm³/mol. The molecule has 3 heteroatoms. The van der Waals surface area contributed by atoms with Crippen molar-refractivity contribution in [3.05, 3.63) is 57.9 Å². The van der Waals surface area contributed by atoms with Crippen LogP contribution < -0.4 is 0 Å². The van der Waals surface area contributed by atoms with Gasteiger partial charge in [-0.1, -0.05) is 45.0 Å². The molecule has 0 saturated heterocycles. The van der Waals surface area contributed by atoms with Gasteiger partial charge < -0.3 is 4.40 Å². The molecule has 0 radical (unpaired) electrons. The van der Waals surface area contributed by atoms with E-state index in [2.05, 4.69) is 102 Å². The van der Waals surface area contributed by atoms with E-state index in [9.17, 15) is 0 Å². The molecule has 0 aliphatic carbocycles. The van der Waals surface area contributed by atoms with Gasteiger partial charge in [-0.05, 0) is 45.7 Å². The van der Waals surface area contributed by atoms with Crippen molar-refractivity contribution in [1.29, 1.82) is 0 Å². The molecule has 3 rings (SSSR count). The van der Waals surface area contributed by atoms with E-state index in [1.54, 1.807) is 0 Å². The molecule has 0 saturated carbocycles. The summed E-state index contributed by atoms with van der Waals surface area (Å²) in [6.45, 7) is 6.69. The Kier molecular flexibility index (Phi) is 3.32. The number of nitrogens with zero attached hydrogens (tertiary/aromatic N) is 2. The Morgan fingerprint density at radius 2 is 1.65 bits per heavy atom. The molecule has 0 aliphatic rings. The minimum Gasteiger partial charge on any atom is -0.305 e. The zero-order chi connectivity index (χ0) is 14.3. The van der Waals surface area contributed by atoms with Gasteiger partial charge in [0, 0.05) is 21.5 Å². The summed E-state index contributed by atoms with van der Waals surface area (Å²) in [4.78, 5) is 4.68. The molecule has 0 aliphatic heterocycles. The van der Waals surface area contributed by atoms with E-state index < -0.39 is 0 Å². The molecule has 0 unspecified atom stereocenters. The Morgan fingerprint density at radius 1 is 0.950 bits per heavy atom. The fraction of sp³-hybridized carbons (Fsp3) is 0.235.